The quantitative estimate of drug-likeness (QED) is 0.705. The van der Waals surface area contributed by atoms with Gasteiger partial charge in [0.25, 0.3) is 0 Å². The van der Waals surface area contributed by atoms with Crippen molar-refractivity contribution in [3.05, 3.63) is 24.0 Å². The van der Waals surface area contributed by atoms with Crippen molar-refractivity contribution in [2.24, 2.45) is 5.92 Å². The Hall–Kier alpha value is -1.12. The molecule has 1 aliphatic heterocycles. The molecule has 0 radical (unpaired) electrons. The van der Waals surface area contributed by atoms with Crippen molar-refractivity contribution < 1.29 is 4.39 Å². The van der Waals surface area contributed by atoms with E-state index in [-0.39, 0.29) is 0 Å². The lowest BCUT2D eigenvalue weighted by Crippen LogP contribution is -2.40. The Labute approximate surface area is 90.1 Å². The van der Waals surface area contributed by atoms with E-state index in [1.165, 1.54) is 0 Å². The van der Waals surface area contributed by atoms with Gasteiger partial charge < -0.3 is 4.90 Å². The first-order chi connectivity index (χ1) is 7.15. The van der Waals surface area contributed by atoms with Gasteiger partial charge >= 0.3 is 0 Å². The van der Waals surface area contributed by atoms with Crippen LogP contribution < -0.4 is 4.90 Å². The highest BCUT2D eigenvalue weighted by Gasteiger charge is 2.24. The molecule has 2 rings (SSSR count). The number of hydrogen-bond acceptors (Lipinski definition) is 2. The van der Waals surface area contributed by atoms with Gasteiger partial charge in [-0.1, -0.05) is 6.92 Å². The standard InChI is InChI=1S/C12H17FN2/c1-9-5-11(13)8-15(7-9)12-4-3-10(2)14-6-12/h3-4,6,9,11H,5,7-8H2,1-2H3. The molecule has 1 fully saturated rings. The van der Waals surface area contributed by atoms with Crippen LogP contribution in [-0.4, -0.2) is 24.2 Å². The molecule has 0 amide bonds. The van der Waals surface area contributed by atoms with Gasteiger partial charge in [-0.2, -0.15) is 0 Å². The Morgan fingerprint density at radius 1 is 1.40 bits per heavy atom. The first kappa shape index (κ1) is 10.4. The molecule has 2 unspecified atom stereocenters. The summed E-state index contributed by atoms with van der Waals surface area (Å²) in [5, 5.41) is 0. The predicted octanol–water partition coefficient (Wildman–Crippen LogP) is 2.57. The smallest absolute Gasteiger partial charge is 0.118 e. The molecule has 1 aromatic rings. The number of aromatic nitrogens is 1. The highest BCUT2D eigenvalue weighted by molar-refractivity contribution is 5.45. The van der Waals surface area contributed by atoms with Crippen LogP contribution in [0.2, 0.25) is 0 Å². The van der Waals surface area contributed by atoms with Crippen LogP contribution in [0.15, 0.2) is 18.3 Å². The molecule has 82 valence electrons. The van der Waals surface area contributed by atoms with E-state index in [4.69, 9.17) is 0 Å². The Morgan fingerprint density at radius 2 is 2.20 bits per heavy atom. The van der Waals surface area contributed by atoms with Crippen molar-refractivity contribution in [2.45, 2.75) is 26.4 Å². The van der Waals surface area contributed by atoms with Crippen molar-refractivity contribution in [3.8, 4) is 0 Å². The van der Waals surface area contributed by atoms with Crippen LogP contribution in [0.25, 0.3) is 0 Å². The largest absolute Gasteiger partial charge is 0.367 e. The second-order valence-electron chi connectivity index (χ2n) is 4.50. The molecule has 1 saturated heterocycles. The SMILES string of the molecule is Cc1ccc(N2CC(C)CC(F)C2)cn1. The van der Waals surface area contributed by atoms with E-state index >= 15 is 0 Å². The third-order valence-corrected chi connectivity index (χ3v) is 2.87. The molecule has 1 aliphatic rings. The second-order valence-corrected chi connectivity index (χ2v) is 4.50. The highest BCUT2D eigenvalue weighted by atomic mass is 19.1. The molecule has 0 aliphatic carbocycles. The molecule has 1 aromatic heterocycles. The average Bonchev–Trinajstić information content (AvgIpc) is 2.17. The molecule has 0 N–H and O–H groups in total. The highest BCUT2D eigenvalue weighted by Crippen LogP contribution is 2.23. The van der Waals surface area contributed by atoms with Gasteiger partial charge in [0.05, 0.1) is 11.9 Å². The van der Waals surface area contributed by atoms with Gasteiger partial charge in [0, 0.05) is 18.8 Å². The molecule has 0 saturated carbocycles. The van der Waals surface area contributed by atoms with Crippen LogP contribution in [0, 0.1) is 12.8 Å². The molecular weight excluding hydrogens is 191 g/mol. The van der Waals surface area contributed by atoms with Gasteiger partial charge in [-0.15, -0.1) is 0 Å². The van der Waals surface area contributed by atoms with Gasteiger partial charge in [0.15, 0.2) is 0 Å². The zero-order valence-corrected chi connectivity index (χ0v) is 9.28. The molecule has 3 heteroatoms. The summed E-state index contributed by atoms with van der Waals surface area (Å²) in [6.45, 7) is 5.50. The van der Waals surface area contributed by atoms with Crippen LogP contribution in [0.4, 0.5) is 10.1 Å². The molecule has 2 atom stereocenters. The van der Waals surface area contributed by atoms with Crippen molar-refractivity contribution in [1.82, 2.24) is 4.98 Å². The summed E-state index contributed by atoms with van der Waals surface area (Å²) in [6.07, 6.45) is 1.82. The van der Waals surface area contributed by atoms with E-state index < -0.39 is 6.17 Å². The van der Waals surface area contributed by atoms with Crippen LogP contribution in [0.5, 0.6) is 0 Å². The fraction of sp³-hybridized carbons (Fsp3) is 0.583. The van der Waals surface area contributed by atoms with Gasteiger partial charge in [-0.25, -0.2) is 4.39 Å². The van der Waals surface area contributed by atoms with E-state index in [1.54, 1.807) is 0 Å². The molecule has 2 nitrogen and oxygen atoms in total. The van der Waals surface area contributed by atoms with Crippen LogP contribution >= 0.6 is 0 Å². The summed E-state index contributed by atoms with van der Waals surface area (Å²) in [6, 6.07) is 3.99. The number of pyridine rings is 1. The number of nitrogens with zero attached hydrogens (tertiary/aromatic N) is 2. The zero-order chi connectivity index (χ0) is 10.8. The minimum absolute atomic E-state index is 0.426. The van der Waals surface area contributed by atoms with Gasteiger partial charge in [-0.05, 0) is 31.4 Å². The minimum atomic E-state index is -0.699. The van der Waals surface area contributed by atoms with Crippen molar-refractivity contribution in [3.63, 3.8) is 0 Å². The van der Waals surface area contributed by atoms with E-state index in [0.717, 1.165) is 17.9 Å². The molecule has 0 bridgehead atoms. The summed E-state index contributed by atoms with van der Waals surface area (Å²) < 4.78 is 13.4. The minimum Gasteiger partial charge on any atom is -0.367 e. The second kappa shape index (κ2) is 4.17. The summed E-state index contributed by atoms with van der Waals surface area (Å²) in [5.41, 5.74) is 2.04. The lowest BCUT2D eigenvalue weighted by atomic mass is 9.98. The van der Waals surface area contributed by atoms with E-state index in [1.807, 2.05) is 25.3 Å². The topological polar surface area (TPSA) is 16.1 Å². The molecular formula is C12H17FN2. The molecule has 15 heavy (non-hydrogen) atoms. The maximum absolute atomic E-state index is 13.4. The maximum Gasteiger partial charge on any atom is 0.118 e. The van der Waals surface area contributed by atoms with Gasteiger partial charge in [-0.3, -0.25) is 4.98 Å². The molecule has 2 heterocycles. The fourth-order valence-corrected chi connectivity index (χ4v) is 2.13. The summed E-state index contributed by atoms with van der Waals surface area (Å²) >= 11 is 0. The number of aryl methyl sites for hydroxylation is 1. The number of rotatable bonds is 1. The van der Waals surface area contributed by atoms with Crippen LogP contribution in [0.1, 0.15) is 19.0 Å². The molecule has 0 aromatic carbocycles. The van der Waals surface area contributed by atoms with Crippen molar-refractivity contribution in [1.29, 1.82) is 0 Å². The summed E-state index contributed by atoms with van der Waals surface area (Å²) in [5.74, 6) is 0.426. The Kier molecular flexibility index (Phi) is 2.89. The maximum atomic E-state index is 13.4. The third kappa shape index (κ3) is 2.46. The first-order valence-electron chi connectivity index (χ1n) is 5.47. The van der Waals surface area contributed by atoms with Crippen molar-refractivity contribution in [2.75, 3.05) is 18.0 Å². The number of anilines is 1. The van der Waals surface area contributed by atoms with Crippen LogP contribution in [-0.2, 0) is 0 Å². The lowest BCUT2D eigenvalue weighted by Gasteiger charge is -2.34. The zero-order valence-electron chi connectivity index (χ0n) is 9.28. The summed E-state index contributed by atoms with van der Waals surface area (Å²) in [4.78, 5) is 6.33. The van der Waals surface area contributed by atoms with Crippen LogP contribution in [0.3, 0.4) is 0 Å². The Balaban J connectivity index is 2.12. The predicted molar refractivity (Wildman–Crippen MR) is 59.9 cm³/mol. The molecule has 0 spiro atoms. The van der Waals surface area contributed by atoms with Gasteiger partial charge in [0.1, 0.15) is 6.17 Å². The van der Waals surface area contributed by atoms with E-state index in [0.29, 0.717) is 18.9 Å². The number of alkyl halides is 1. The monoisotopic (exact) mass is 208 g/mol. The van der Waals surface area contributed by atoms with Gasteiger partial charge in [0.2, 0.25) is 0 Å². The third-order valence-electron chi connectivity index (χ3n) is 2.87. The van der Waals surface area contributed by atoms with E-state index in [2.05, 4.69) is 16.8 Å². The Bertz CT molecular complexity index is 313. The number of hydrogen-bond donors (Lipinski definition) is 0. The number of halogens is 1. The van der Waals surface area contributed by atoms with E-state index in [9.17, 15) is 4.39 Å². The average molecular weight is 208 g/mol. The Morgan fingerprint density at radius 3 is 2.80 bits per heavy atom. The fourth-order valence-electron chi connectivity index (χ4n) is 2.13. The normalized spacial score (nSPS) is 26.7. The lowest BCUT2D eigenvalue weighted by molar-refractivity contribution is 0.246. The summed E-state index contributed by atoms with van der Waals surface area (Å²) in [7, 11) is 0. The van der Waals surface area contributed by atoms with Crippen molar-refractivity contribution >= 4 is 5.69 Å². The number of piperidine rings is 1. The first-order valence-corrected chi connectivity index (χ1v) is 5.47.